The molecule has 29 heavy (non-hydrogen) atoms. The summed E-state index contributed by atoms with van der Waals surface area (Å²) < 4.78 is 2.89. The Labute approximate surface area is 190 Å². The molecule has 1 atom stereocenters. The van der Waals surface area contributed by atoms with Crippen LogP contribution in [0.25, 0.3) is 11.6 Å². The summed E-state index contributed by atoms with van der Waals surface area (Å²) in [7, 11) is 0. The van der Waals surface area contributed by atoms with Gasteiger partial charge in [-0.05, 0) is 0 Å². The maximum absolute atomic E-state index is 2.71. The minimum Gasteiger partial charge on any atom is -1.00 e. The predicted molar refractivity (Wildman–Crippen MR) is 116 cm³/mol. The predicted octanol–water partition coefficient (Wildman–Crippen LogP) is 0.298. The number of rotatable bonds is 3. The quantitative estimate of drug-likeness (QED) is 0.501. The van der Waals surface area contributed by atoms with E-state index in [2.05, 4.69) is 78.9 Å². The Balaban J connectivity index is 0.00000102. The van der Waals surface area contributed by atoms with Crippen LogP contribution in [0.5, 0.6) is 0 Å². The number of hydrogen-bond acceptors (Lipinski definition) is 0. The van der Waals surface area contributed by atoms with Gasteiger partial charge in [0.25, 0.3) is 0 Å². The van der Waals surface area contributed by atoms with Gasteiger partial charge in [-0.2, -0.15) is 0 Å². The molecule has 5 heteroatoms. The Morgan fingerprint density at radius 2 is 1.45 bits per heavy atom. The van der Waals surface area contributed by atoms with Gasteiger partial charge in [-0.1, -0.05) is 0 Å². The average Bonchev–Trinajstić information content (AvgIpc) is 3.50. The van der Waals surface area contributed by atoms with E-state index in [1.807, 2.05) is 3.28 Å². The smallest absolute Gasteiger partial charge is 1.00 e. The molecular weight excluding hydrogens is 507 g/mol. The average molecular weight is 531 g/mol. The Morgan fingerprint density at radius 3 is 2.17 bits per heavy atom. The molecule has 4 aliphatic rings. The van der Waals surface area contributed by atoms with Crippen LogP contribution >= 0.6 is 0 Å². The summed E-state index contributed by atoms with van der Waals surface area (Å²) in [5, 5.41) is 0. The van der Waals surface area contributed by atoms with Crippen LogP contribution in [0.15, 0.2) is 76.1 Å². The summed E-state index contributed by atoms with van der Waals surface area (Å²) in [4.78, 5) is 0. The van der Waals surface area contributed by atoms with Gasteiger partial charge in [-0.15, -0.1) is 0 Å². The van der Waals surface area contributed by atoms with Crippen molar-refractivity contribution >= 4 is 22.5 Å². The SMILES string of the molecule is C1=C[CH]([Zr+2]2([C]3=CC(c4ccccc4)=CC3)=[Si]3CC[Si]=2CC3)c2ccccc21.[Cl-].[Cl-]. The number of hydrogen-bond donors (Lipinski definition) is 0. The fourth-order valence-corrected chi connectivity index (χ4v) is 83.5. The van der Waals surface area contributed by atoms with Crippen LogP contribution in [0.2, 0.25) is 24.2 Å². The third-order valence-electron chi connectivity index (χ3n) is 7.32. The van der Waals surface area contributed by atoms with Gasteiger partial charge in [-0.25, -0.2) is 0 Å². The van der Waals surface area contributed by atoms with Crippen molar-refractivity contribution in [2.24, 2.45) is 0 Å². The van der Waals surface area contributed by atoms with Crippen LogP contribution in [-0.2, 0) is 17.5 Å². The molecule has 2 bridgehead atoms. The second kappa shape index (κ2) is 8.59. The summed E-state index contributed by atoms with van der Waals surface area (Å²) in [5.74, 6) is 0. The molecule has 0 aromatic heterocycles. The Bertz CT molecular complexity index is 1150. The molecule has 0 saturated heterocycles. The van der Waals surface area contributed by atoms with E-state index in [1.54, 1.807) is 29.7 Å². The largest absolute Gasteiger partial charge is 1.00 e. The number of fused-ring (bicyclic) bond motifs is 1. The molecular formula is C24H24Cl2Si2Zr. The Hall–Kier alpha value is -0.443. The van der Waals surface area contributed by atoms with Crippen molar-refractivity contribution in [3.8, 4) is 0 Å². The van der Waals surface area contributed by atoms with Gasteiger partial charge < -0.3 is 24.8 Å². The molecule has 6 rings (SSSR count). The first-order valence-electron chi connectivity index (χ1n) is 10.3. The third-order valence-corrected chi connectivity index (χ3v) is 64.7. The molecule has 0 radical (unpaired) electrons. The fourth-order valence-electron chi connectivity index (χ4n) is 6.25. The molecule has 0 fully saturated rings. The van der Waals surface area contributed by atoms with Crippen molar-refractivity contribution in [2.45, 2.75) is 34.2 Å². The zero-order valence-corrected chi connectivity index (χ0v) is 22.3. The van der Waals surface area contributed by atoms with Crippen molar-refractivity contribution in [1.82, 2.24) is 0 Å². The number of benzene rings is 2. The first kappa shape index (κ1) is 21.8. The summed E-state index contributed by atoms with van der Waals surface area (Å²) >= 11 is -2.35. The van der Waals surface area contributed by atoms with Crippen LogP contribution in [0, 0.1) is 0 Å². The molecule has 2 aromatic rings. The van der Waals surface area contributed by atoms with Gasteiger partial charge in [0.2, 0.25) is 0 Å². The molecule has 2 heterocycles. The van der Waals surface area contributed by atoms with Crippen molar-refractivity contribution in [1.29, 1.82) is 0 Å². The monoisotopic (exact) mass is 528 g/mol. The first-order chi connectivity index (χ1) is 13.4. The van der Waals surface area contributed by atoms with E-state index in [-0.39, 0.29) is 35.7 Å². The van der Waals surface area contributed by atoms with E-state index in [0.29, 0.717) is 0 Å². The molecule has 1 unspecified atom stereocenters. The van der Waals surface area contributed by atoms with Crippen LogP contribution in [0.4, 0.5) is 0 Å². The normalized spacial score (nSPS) is 20.5. The minimum atomic E-state index is -2.35. The molecule has 0 spiro atoms. The first-order valence-corrected chi connectivity index (χ1v) is 24.2. The third kappa shape index (κ3) is 3.24. The molecule has 2 aliphatic heterocycles. The molecule has 0 saturated carbocycles. The zero-order chi connectivity index (χ0) is 17.8. The number of allylic oxidation sites excluding steroid dienone is 5. The van der Waals surface area contributed by atoms with Gasteiger partial charge in [0.05, 0.1) is 0 Å². The molecule has 2 aromatic carbocycles. The van der Waals surface area contributed by atoms with Gasteiger partial charge in [0.15, 0.2) is 0 Å². The second-order valence-corrected chi connectivity index (χ2v) is 42.6. The summed E-state index contributed by atoms with van der Waals surface area (Å²) in [6.45, 7) is 0. The maximum atomic E-state index is 2.71. The Kier molecular flexibility index (Phi) is 6.45. The second-order valence-electron chi connectivity index (χ2n) is 8.38. The molecule has 2 aliphatic carbocycles. The fraction of sp³-hybridized carbons (Fsp3) is 0.250. The zero-order valence-electron chi connectivity index (χ0n) is 16.4. The molecule has 0 amide bonds. The van der Waals surface area contributed by atoms with Crippen LogP contribution in [0.1, 0.15) is 26.7 Å². The van der Waals surface area contributed by atoms with E-state index in [1.165, 1.54) is 23.1 Å². The van der Waals surface area contributed by atoms with E-state index in [4.69, 9.17) is 0 Å². The summed E-state index contributed by atoms with van der Waals surface area (Å²) in [6, 6.07) is 27.1. The standard InChI is InChI=1S/C11H9.C9H7.C4H8Si2.2ClH.Zr/c1-2-6-10(7-3-1)11-8-4-5-9-11;1-2-5-9-7-3-6-8(9)4-1;1-2-6-4-3-5-1;;;/h1-3,6-9H,4H2;1-7H;1-4H2;2*1H;/q;;;;;+2/p-2. The van der Waals surface area contributed by atoms with Crippen molar-refractivity contribution in [2.75, 3.05) is 0 Å². The van der Waals surface area contributed by atoms with E-state index < -0.39 is 17.5 Å². The van der Waals surface area contributed by atoms with Gasteiger partial charge >= 0.3 is 167 Å². The van der Waals surface area contributed by atoms with Crippen LogP contribution in [-0.4, -0.2) is 10.9 Å². The van der Waals surface area contributed by atoms with Crippen molar-refractivity contribution in [3.63, 3.8) is 0 Å². The van der Waals surface area contributed by atoms with Gasteiger partial charge in [0, 0.05) is 0 Å². The summed E-state index contributed by atoms with van der Waals surface area (Å²) in [5.41, 5.74) is 6.03. The van der Waals surface area contributed by atoms with Gasteiger partial charge in [-0.3, -0.25) is 0 Å². The summed E-state index contributed by atoms with van der Waals surface area (Å²) in [6.07, 6.45) is 11.7. The van der Waals surface area contributed by atoms with Crippen LogP contribution < -0.4 is 24.8 Å². The molecule has 0 N–H and O–H groups in total. The van der Waals surface area contributed by atoms with Crippen molar-refractivity contribution < 1.29 is 42.3 Å². The van der Waals surface area contributed by atoms with Crippen LogP contribution in [0.3, 0.4) is 0 Å². The number of halogens is 2. The van der Waals surface area contributed by atoms with Gasteiger partial charge in [0.1, 0.15) is 0 Å². The van der Waals surface area contributed by atoms with Crippen molar-refractivity contribution in [3.05, 3.63) is 92.8 Å². The maximum Gasteiger partial charge on any atom is -1.00 e. The molecule has 0 nitrogen and oxygen atoms in total. The van der Waals surface area contributed by atoms with E-state index in [0.717, 1.165) is 3.63 Å². The van der Waals surface area contributed by atoms with E-state index >= 15 is 0 Å². The molecule has 146 valence electrons. The minimum absolute atomic E-state index is 0. The van der Waals surface area contributed by atoms with E-state index in [9.17, 15) is 0 Å². The Morgan fingerprint density at radius 1 is 0.793 bits per heavy atom. The topological polar surface area (TPSA) is 0 Å².